The average molecular weight is 450 g/mol. The molecule has 0 aliphatic carbocycles. The van der Waals surface area contributed by atoms with E-state index in [4.69, 9.17) is 14.2 Å². The van der Waals surface area contributed by atoms with E-state index < -0.39 is 6.03 Å². The van der Waals surface area contributed by atoms with Crippen LogP contribution in [-0.2, 0) is 0 Å². The summed E-state index contributed by atoms with van der Waals surface area (Å²) in [4.78, 5) is 25.3. The summed E-state index contributed by atoms with van der Waals surface area (Å²) in [6.07, 6.45) is 0. The SMILES string of the molecule is CCOc1cc(NC(=O)c2ccccc2)c(OCC)cc1NC(=O)Nc1ccccc1OC. The number of methoxy groups -OCH3 is 1. The fourth-order valence-corrected chi connectivity index (χ4v) is 3.11. The third-order valence-corrected chi connectivity index (χ3v) is 4.57. The van der Waals surface area contributed by atoms with Crippen LogP contribution in [0.4, 0.5) is 21.9 Å². The van der Waals surface area contributed by atoms with Gasteiger partial charge in [0.1, 0.15) is 17.2 Å². The largest absolute Gasteiger partial charge is 0.495 e. The van der Waals surface area contributed by atoms with Crippen LogP contribution in [0.5, 0.6) is 17.2 Å². The van der Waals surface area contributed by atoms with Gasteiger partial charge in [0.2, 0.25) is 0 Å². The van der Waals surface area contributed by atoms with Gasteiger partial charge < -0.3 is 30.2 Å². The molecular weight excluding hydrogens is 422 g/mol. The maximum atomic E-state index is 12.7. The minimum atomic E-state index is -0.482. The monoisotopic (exact) mass is 449 g/mol. The summed E-state index contributed by atoms with van der Waals surface area (Å²) in [6, 6.07) is 18.7. The molecule has 0 spiro atoms. The Labute approximate surface area is 192 Å². The minimum Gasteiger partial charge on any atom is -0.495 e. The Morgan fingerprint density at radius 1 is 0.697 bits per heavy atom. The fourth-order valence-electron chi connectivity index (χ4n) is 3.11. The van der Waals surface area contributed by atoms with Crippen LogP contribution in [-0.4, -0.2) is 32.3 Å². The highest BCUT2D eigenvalue weighted by molar-refractivity contribution is 6.06. The molecule has 0 aliphatic heterocycles. The van der Waals surface area contributed by atoms with Crippen molar-refractivity contribution in [2.75, 3.05) is 36.3 Å². The van der Waals surface area contributed by atoms with E-state index in [9.17, 15) is 9.59 Å². The van der Waals surface area contributed by atoms with Gasteiger partial charge in [0.25, 0.3) is 5.91 Å². The van der Waals surface area contributed by atoms with Crippen LogP contribution in [0.25, 0.3) is 0 Å². The molecule has 0 radical (unpaired) electrons. The summed E-state index contributed by atoms with van der Waals surface area (Å²) < 4.78 is 16.7. The highest BCUT2D eigenvalue weighted by Crippen LogP contribution is 2.37. The van der Waals surface area contributed by atoms with Crippen LogP contribution >= 0.6 is 0 Å². The summed E-state index contributed by atoms with van der Waals surface area (Å²) >= 11 is 0. The molecular formula is C25H27N3O5. The molecule has 8 heteroatoms. The molecule has 3 rings (SSSR count). The average Bonchev–Trinajstić information content (AvgIpc) is 2.82. The Hall–Kier alpha value is -4.20. The van der Waals surface area contributed by atoms with Gasteiger partial charge in [-0.1, -0.05) is 30.3 Å². The maximum absolute atomic E-state index is 12.7. The van der Waals surface area contributed by atoms with Crippen molar-refractivity contribution < 1.29 is 23.8 Å². The smallest absolute Gasteiger partial charge is 0.323 e. The van der Waals surface area contributed by atoms with Crippen molar-refractivity contribution in [1.82, 2.24) is 0 Å². The van der Waals surface area contributed by atoms with E-state index in [1.54, 1.807) is 54.6 Å². The number of rotatable bonds is 9. The van der Waals surface area contributed by atoms with Gasteiger partial charge in [-0.15, -0.1) is 0 Å². The topological polar surface area (TPSA) is 97.9 Å². The second kappa shape index (κ2) is 11.4. The van der Waals surface area contributed by atoms with Gasteiger partial charge in [-0.3, -0.25) is 4.79 Å². The molecule has 3 N–H and O–H groups in total. The molecule has 172 valence electrons. The number of carbonyl (C=O) groups excluding carboxylic acids is 2. The molecule has 0 aromatic heterocycles. The normalized spacial score (nSPS) is 10.2. The van der Waals surface area contributed by atoms with Crippen molar-refractivity contribution in [3.63, 3.8) is 0 Å². The van der Waals surface area contributed by atoms with Crippen LogP contribution in [0.15, 0.2) is 66.7 Å². The number of urea groups is 1. The first kappa shape index (κ1) is 23.5. The van der Waals surface area contributed by atoms with Crippen molar-refractivity contribution in [2.24, 2.45) is 0 Å². The molecule has 0 aliphatic rings. The number of carbonyl (C=O) groups is 2. The summed E-state index contributed by atoms with van der Waals surface area (Å²) in [5.74, 6) is 1.04. The maximum Gasteiger partial charge on any atom is 0.323 e. The standard InChI is InChI=1S/C25H27N3O5/c1-4-32-22-16-20(28-25(30)27-18-13-9-10-14-21(18)31-3)23(33-5-2)15-19(22)26-24(29)17-11-7-6-8-12-17/h6-16H,4-5H2,1-3H3,(H,26,29)(H2,27,28,30). The zero-order valence-electron chi connectivity index (χ0n) is 18.8. The zero-order valence-corrected chi connectivity index (χ0v) is 18.8. The lowest BCUT2D eigenvalue weighted by atomic mass is 10.2. The van der Waals surface area contributed by atoms with E-state index in [0.29, 0.717) is 53.1 Å². The summed E-state index contributed by atoms with van der Waals surface area (Å²) in [6.45, 7) is 4.40. The van der Waals surface area contributed by atoms with E-state index in [-0.39, 0.29) is 5.91 Å². The zero-order chi connectivity index (χ0) is 23.6. The van der Waals surface area contributed by atoms with Crippen molar-refractivity contribution in [2.45, 2.75) is 13.8 Å². The molecule has 33 heavy (non-hydrogen) atoms. The third-order valence-electron chi connectivity index (χ3n) is 4.57. The van der Waals surface area contributed by atoms with Gasteiger partial charge in [0.15, 0.2) is 0 Å². The van der Waals surface area contributed by atoms with Crippen molar-refractivity contribution in [3.8, 4) is 17.2 Å². The van der Waals surface area contributed by atoms with E-state index in [0.717, 1.165) is 0 Å². The molecule has 3 amide bonds. The van der Waals surface area contributed by atoms with E-state index >= 15 is 0 Å². The van der Waals surface area contributed by atoms with Crippen molar-refractivity contribution >= 4 is 29.0 Å². The van der Waals surface area contributed by atoms with Crippen LogP contribution in [0.2, 0.25) is 0 Å². The lowest BCUT2D eigenvalue weighted by Gasteiger charge is -2.18. The Kier molecular flexibility index (Phi) is 8.13. The number of amides is 3. The molecule has 3 aromatic carbocycles. The van der Waals surface area contributed by atoms with Crippen LogP contribution in [0, 0.1) is 0 Å². The molecule has 8 nitrogen and oxygen atoms in total. The Balaban J connectivity index is 1.87. The molecule has 3 aromatic rings. The van der Waals surface area contributed by atoms with Gasteiger partial charge in [-0.2, -0.15) is 0 Å². The van der Waals surface area contributed by atoms with Gasteiger partial charge in [0.05, 0.1) is 37.4 Å². The lowest BCUT2D eigenvalue weighted by Crippen LogP contribution is -2.21. The number of benzene rings is 3. The first-order valence-corrected chi connectivity index (χ1v) is 10.6. The second-order valence-electron chi connectivity index (χ2n) is 6.81. The Bertz CT molecular complexity index is 1100. The van der Waals surface area contributed by atoms with Crippen molar-refractivity contribution in [1.29, 1.82) is 0 Å². The highest BCUT2D eigenvalue weighted by Gasteiger charge is 2.17. The number of para-hydroxylation sites is 2. The van der Waals surface area contributed by atoms with Gasteiger partial charge >= 0.3 is 6.03 Å². The highest BCUT2D eigenvalue weighted by atomic mass is 16.5. The predicted molar refractivity (Wildman–Crippen MR) is 129 cm³/mol. The summed E-state index contributed by atoms with van der Waals surface area (Å²) in [5, 5.41) is 8.40. The quantitative estimate of drug-likeness (QED) is 0.407. The molecule has 0 unspecified atom stereocenters. The summed E-state index contributed by atoms with van der Waals surface area (Å²) in [7, 11) is 1.53. The van der Waals surface area contributed by atoms with Crippen LogP contribution in [0.3, 0.4) is 0 Å². The minimum absolute atomic E-state index is 0.284. The van der Waals surface area contributed by atoms with Gasteiger partial charge in [-0.05, 0) is 38.1 Å². The fraction of sp³-hybridized carbons (Fsp3) is 0.200. The number of hydrogen-bond donors (Lipinski definition) is 3. The number of hydrogen-bond acceptors (Lipinski definition) is 5. The molecule has 0 heterocycles. The number of anilines is 3. The second-order valence-corrected chi connectivity index (χ2v) is 6.81. The Morgan fingerprint density at radius 2 is 1.24 bits per heavy atom. The lowest BCUT2D eigenvalue weighted by molar-refractivity contribution is 0.102. The molecule has 0 bridgehead atoms. The first-order chi connectivity index (χ1) is 16.0. The van der Waals surface area contributed by atoms with Gasteiger partial charge in [0, 0.05) is 17.7 Å². The first-order valence-electron chi connectivity index (χ1n) is 10.6. The van der Waals surface area contributed by atoms with E-state index in [1.165, 1.54) is 7.11 Å². The molecule has 0 saturated heterocycles. The Morgan fingerprint density at radius 3 is 1.85 bits per heavy atom. The van der Waals surface area contributed by atoms with Gasteiger partial charge in [-0.25, -0.2) is 4.79 Å². The van der Waals surface area contributed by atoms with Crippen LogP contribution < -0.4 is 30.2 Å². The van der Waals surface area contributed by atoms with Crippen molar-refractivity contribution in [3.05, 3.63) is 72.3 Å². The molecule has 0 fully saturated rings. The van der Waals surface area contributed by atoms with E-state index in [1.807, 2.05) is 26.0 Å². The predicted octanol–water partition coefficient (Wildman–Crippen LogP) is 5.39. The number of nitrogens with one attached hydrogen (secondary N) is 3. The third kappa shape index (κ3) is 6.16. The molecule has 0 atom stereocenters. The summed E-state index contributed by atoms with van der Waals surface area (Å²) in [5.41, 5.74) is 1.86. The van der Waals surface area contributed by atoms with Crippen LogP contribution in [0.1, 0.15) is 24.2 Å². The number of ether oxygens (including phenoxy) is 3. The molecule has 0 saturated carbocycles. The van der Waals surface area contributed by atoms with E-state index in [2.05, 4.69) is 16.0 Å².